The SMILES string of the molecule is Cc1cccc(OCc2nc3ccc(-c4cn[nH]c4)cc3c(=O)[nH]2)c1.O=C(O)C(F)(F)F. The first-order valence-electron chi connectivity index (χ1n) is 9.15. The van der Waals surface area contributed by atoms with Crippen LogP contribution >= 0.6 is 0 Å². The Balaban J connectivity index is 0.000000360. The highest BCUT2D eigenvalue weighted by atomic mass is 19.4. The molecule has 3 N–H and O–H groups in total. The highest BCUT2D eigenvalue weighted by molar-refractivity contribution is 5.83. The largest absolute Gasteiger partial charge is 0.490 e. The lowest BCUT2D eigenvalue weighted by molar-refractivity contribution is -0.192. The van der Waals surface area contributed by atoms with Crippen LogP contribution in [0.2, 0.25) is 0 Å². The Labute approximate surface area is 178 Å². The average molecular weight is 446 g/mol. The maximum Gasteiger partial charge on any atom is 0.490 e. The van der Waals surface area contributed by atoms with E-state index in [-0.39, 0.29) is 12.2 Å². The van der Waals surface area contributed by atoms with Crippen molar-refractivity contribution in [1.82, 2.24) is 20.2 Å². The minimum absolute atomic E-state index is 0.182. The molecule has 0 radical (unpaired) electrons. The van der Waals surface area contributed by atoms with Gasteiger partial charge in [0.15, 0.2) is 0 Å². The summed E-state index contributed by atoms with van der Waals surface area (Å²) < 4.78 is 37.5. The number of nitrogens with one attached hydrogen (secondary N) is 2. The van der Waals surface area contributed by atoms with E-state index in [0.29, 0.717) is 16.7 Å². The van der Waals surface area contributed by atoms with Crippen molar-refractivity contribution in [3.63, 3.8) is 0 Å². The normalized spacial score (nSPS) is 11.0. The van der Waals surface area contributed by atoms with Gasteiger partial charge in [-0.15, -0.1) is 0 Å². The molecule has 0 aliphatic rings. The van der Waals surface area contributed by atoms with E-state index in [1.54, 1.807) is 12.4 Å². The zero-order valence-corrected chi connectivity index (χ0v) is 16.6. The van der Waals surface area contributed by atoms with Gasteiger partial charge in [-0.25, -0.2) is 9.78 Å². The lowest BCUT2D eigenvalue weighted by Gasteiger charge is -2.07. The molecular weight excluding hydrogens is 429 g/mol. The number of aliphatic carboxylic acids is 1. The molecule has 8 nitrogen and oxygen atoms in total. The van der Waals surface area contributed by atoms with Gasteiger partial charge < -0.3 is 14.8 Å². The molecular formula is C21H17F3N4O4. The summed E-state index contributed by atoms with van der Waals surface area (Å²) in [5, 5.41) is 14.4. The number of aromatic nitrogens is 4. The summed E-state index contributed by atoms with van der Waals surface area (Å²) in [6.07, 6.45) is -1.58. The second kappa shape index (κ2) is 9.33. The van der Waals surface area contributed by atoms with Crippen LogP contribution < -0.4 is 10.3 Å². The van der Waals surface area contributed by atoms with Crippen molar-refractivity contribution in [2.45, 2.75) is 19.7 Å². The molecule has 4 aromatic rings. The molecule has 0 aliphatic carbocycles. The van der Waals surface area contributed by atoms with Gasteiger partial charge >= 0.3 is 12.1 Å². The van der Waals surface area contributed by atoms with Crippen molar-refractivity contribution in [2.75, 3.05) is 0 Å². The quantitative estimate of drug-likeness (QED) is 0.438. The van der Waals surface area contributed by atoms with E-state index in [9.17, 15) is 18.0 Å². The lowest BCUT2D eigenvalue weighted by atomic mass is 10.1. The molecule has 0 amide bonds. The van der Waals surface area contributed by atoms with Crippen molar-refractivity contribution in [2.24, 2.45) is 0 Å². The van der Waals surface area contributed by atoms with Crippen molar-refractivity contribution < 1.29 is 27.8 Å². The number of benzene rings is 2. The maximum atomic E-state index is 12.4. The summed E-state index contributed by atoms with van der Waals surface area (Å²) in [6, 6.07) is 13.3. The monoisotopic (exact) mass is 446 g/mol. The number of hydrogen-bond acceptors (Lipinski definition) is 5. The Morgan fingerprint density at radius 1 is 1.16 bits per heavy atom. The van der Waals surface area contributed by atoms with Gasteiger partial charge in [-0.2, -0.15) is 18.3 Å². The third-order valence-corrected chi connectivity index (χ3v) is 4.19. The lowest BCUT2D eigenvalue weighted by Crippen LogP contribution is -2.21. The molecule has 166 valence electrons. The highest BCUT2D eigenvalue weighted by Crippen LogP contribution is 2.21. The first kappa shape index (κ1) is 22.5. The highest BCUT2D eigenvalue weighted by Gasteiger charge is 2.38. The summed E-state index contributed by atoms with van der Waals surface area (Å²) in [6.45, 7) is 2.21. The number of halogens is 3. The number of aromatic amines is 2. The minimum atomic E-state index is -5.08. The van der Waals surface area contributed by atoms with Crippen LogP contribution in [0.4, 0.5) is 13.2 Å². The van der Waals surface area contributed by atoms with Gasteiger partial charge in [-0.05, 0) is 42.3 Å². The van der Waals surface area contributed by atoms with E-state index < -0.39 is 12.1 Å². The molecule has 2 aromatic heterocycles. The smallest absolute Gasteiger partial charge is 0.486 e. The van der Waals surface area contributed by atoms with Crippen molar-refractivity contribution in [3.8, 4) is 16.9 Å². The predicted molar refractivity (Wildman–Crippen MR) is 109 cm³/mol. The van der Waals surface area contributed by atoms with Gasteiger partial charge in [0.05, 0.1) is 17.1 Å². The number of H-pyrrole nitrogens is 2. The summed E-state index contributed by atoms with van der Waals surface area (Å²) in [5.41, 5.74) is 3.41. The number of carbonyl (C=O) groups is 1. The summed E-state index contributed by atoms with van der Waals surface area (Å²) in [5.74, 6) is -1.51. The number of fused-ring (bicyclic) bond motifs is 1. The van der Waals surface area contributed by atoms with Crippen LogP contribution in [0.1, 0.15) is 11.4 Å². The number of hydrogen-bond donors (Lipinski definition) is 3. The van der Waals surface area contributed by atoms with E-state index in [2.05, 4.69) is 20.2 Å². The molecule has 0 bridgehead atoms. The zero-order chi connectivity index (χ0) is 23.3. The van der Waals surface area contributed by atoms with Crippen molar-refractivity contribution in [1.29, 1.82) is 0 Å². The number of ether oxygens (including phenoxy) is 1. The van der Waals surface area contributed by atoms with E-state index >= 15 is 0 Å². The summed E-state index contributed by atoms with van der Waals surface area (Å²) >= 11 is 0. The topological polar surface area (TPSA) is 121 Å². The van der Waals surface area contributed by atoms with Gasteiger partial charge in [0.1, 0.15) is 18.2 Å². The molecule has 0 saturated carbocycles. The standard InChI is InChI=1S/C19H16N4O2.C2HF3O2/c1-12-3-2-4-15(7-12)25-11-18-22-17-6-5-13(14-9-20-21-10-14)8-16(17)19(24)23-18;3-2(4,5)1(6)7/h2-10H,11H2,1H3,(H,20,21)(H,22,23,24);(H,6,7). The van der Waals surface area contributed by atoms with Crippen molar-refractivity contribution in [3.05, 3.63) is 76.6 Å². The van der Waals surface area contributed by atoms with Gasteiger partial charge in [-0.1, -0.05) is 18.2 Å². The molecule has 4 rings (SSSR count). The molecule has 0 unspecified atom stereocenters. The number of carboxylic acid groups (broad SMARTS) is 1. The fourth-order valence-corrected chi connectivity index (χ4v) is 2.70. The number of alkyl halides is 3. The van der Waals surface area contributed by atoms with Crippen LogP contribution in [0.3, 0.4) is 0 Å². The van der Waals surface area contributed by atoms with E-state index in [4.69, 9.17) is 14.6 Å². The second-order valence-corrected chi connectivity index (χ2v) is 6.64. The first-order chi connectivity index (χ1) is 15.1. The molecule has 2 aromatic carbocycles. The molecule has 32 heavy (non-hydrogen) atoms. The summed E-state index contributed by atoms with van der Waals surface area (Å²) in [4.78, 5) is 28.6. The van der Waals surface area contributed by atoms with Crippen molar-refractivity contribution >= 4 is 16.9 Å². The predicted octanol–water partition coefficient (Wildman–Crippen LogP) is 3.83. The van der Waals surface area contributed by atoms with Crippen LogP contribution in [0.25, 0.3) is 22.0 Å². The third kappa shape index (κ3) is 5.72. The molecule has 0 aliphatic heterocycles. The van der Waals surface area contributed by atoms with Gasteiger partial charge in [0.2, 0.25) is 0 Å². The second-order valence-electron chi connectivity index (χ2n) is 6.64. The van der Waals surface area contributed by atoms with Crippen LogP contribution in [-0.4, -0.2) is 37.4 Å². The molecule has 2 heterocycles. The Morgan fingerprint density at radius 3 is 2.53 bits per heavy atom. The van der Waals surface area contributed by atoms with Crippen LogP contribution in [0.5, 0.6) is 5.75 Å². The van der Waals surface area contributed by atoms with Gasteiger partial charge in [-0.3, -0.25) is 9.89 Å². The number of carboxylic acids is 1. The van der Waals surface area contributed by atoms with E-state index in [1.165, 1.54) is 0 Å². The Kier molecular flexibility index (Phi) is 6.57. The van der Waals surface area contributed by atoms with Crippen LogP contribution in [-0.2, 0) is 11.4 Å². The Bertz CT molecular complexity index is 1280. The number of aryl methyl sites for hydroxylation is 1. The number of rotatable bonds is 4. The van der Waals surface area contributed by atoms with Crippen LogP contribution in [0.15, 0.2) is 59.7 Å². The third-order valence-electron chi connectivity index (χ3n) is 4.19. The Hall–Kier alpha value is -4.15. The number of nitrogens with zero attached hydrogens (tertiary/aromatic N) is 2. The molecule has 0 spiro atoms. The average Bonchev–Trinajstić information content (AvgIpc) is 3.27. The molecule has 0 fully saturated rings. The van der Waals surface area contributed by atoms with E-state index in [1.807, 2.05) is 49.4 Å². The summed E-state index contributed by atoms with van der Waals surface area (Å²) in [7, 11) is 0. The fraction of sp³-hybridized carbons (Fsp3) is 0.143. The molecule has 11 heteroatoms. The van der Waals surface area contributed by atoms with Crippen LogP contribution in [0, 0.1) is 6.92 Å². The fourth-order valence-electron chi connectivity index (χ4n) is 2.70. The zero-order valence-electron chi connectivity index (χ0n) is 16.6. The molecule has 0 saturated heterocycles. The van der Waals surface area contributed by atoms with E-state index in [0.717, 1.165) is 22.4 Å². The van der Waals surface area contributed by atoms with Gasteiger partial charge in [0.25, 0.3) is 5.56 Å². The molecule has 0 atom stereocenters. The maximum absolute atomic E-state index is 12.4. The minimum Gasteiger partial charge on any atom is -0.486 e. The van der Waals surface area contributed by atoms with Gasteiger partial charge in [0, 0.05) is 11.8 Å². The Morgan fingerprint density at radius 2 is 1.91 bits per heavy atom. The first-order valence-corrected chi connectivity index (χ1v) is 9.15.